The number of nitrogens with one attached hydrogen (secondary N) is 1. The summed E-state index contributed by atoms with van der Waals surface area (Å²) in [6.07, 6.45) is 2.21. The molecule has 0 rings (SSSR count). The second-order valence-corrected chi connectivity index (χ2v) is 3.57. The van der Waals surface area contributed by atoms with Crippen LogP contribution in [0, 0.1) is 5.41 Å². The third-order valence-electron chi connectivity index (χ3n) is 2.48. The van der Waals surface area contributed by atoms with Crippen molar-refractivity contribution in [2.24, 2.45) is 11.1 Å². The number of carbonyl (C=O) groups excluding carboxylic acids is 2. The second-order valence-electron chi connectivity index (χ2n) is 3.57. The molecular weight excluding hydrogens is 180 g/mol. The second kappa shape index (κ2) is 4.79. The molecule has 0 fully saturated rings. The molecule has 0 spiro atoms. The van der Waals surface area contributed by atoms with Gasteiger partial charge in [-0.05, 0) is 20.3 Å². The first-order valence-electron chi connectivity index (χ1n) is 4.61. The molecule has 2 unspecified atom stereocenters. The van der Waals surface area contributed by atoms with Crippen molar-refractivity contribution in [1.29, 1.82) is 0 Å². The first kappa shape index (κ1) is 12.7. The molecule has 4 nitrogen and oxygen atoms in total. The molecule has 0 aliphatic heterocycles. The molecule has 80 valence electrons. The average molecular weight is 198 g/mol. The van der Waals surface area contributed by atoms with E-state index < -0.39 is 17.4 Å². The summed E-state index contributed by atoms with van der Waals surface area (Å²) < 4.78 is 0. The Morgan fingerprint density at radius 2 is 2.14 bits per heavy atom. The fraction of sp³-hybridized carbons (Fsp3) is 0.600. The van der Waals surface area contributed by atoms with Crippen LogP contribution in [0.5, 0.6) is 0 Å². The maximum absolute atomic E-state index is 11.7. The van der Waals surface area contributed by atoms with Crippen LogP contribution in [0.3, 0.4) is 0 Å². The lowest BCUT2D eigenvalue weighted by molar-refractivity contribution is -0.131. The maximum Gasteiger partial charge on any atom is 0.239 e. The quantitative estimate of drug-likeness (QED) is 0.634. The van der Waals surface area contributed by atoms with Gasteiger partial charge in [-0.15, -0.1) is 6.58 Å². The van der Waals surface area contributed by atoms with Crippen molar-refractivity contribution in [2.45, 2.75) is 33.2 Å². The first-order chi connectivity index (χ1) is 6.37. The van der Waals surface area contributed by atoms with Gasteiger partial charge in [0, 0.05) is 0 Å². The summed E-state index contributed by atoms with van der Waals surface area (Å²) in [6, 6.07) is -0.645. The van der Waals surface area contributed by atoms with Crippen molar-refractivity contribution >= 4 is 11.8 Å². The number of primary amides is 1. The summed E-state index contributed by atoms with van der Waals surface area (Å²) in [5.41, 5.74) is 4.40. The molecule has 0 aromatic heterocycles. The van der Waals surface area contributed by atoms with Crippen LogP contribution >= 0.6 is 0 Å². The number of rotatable bonds is 5. The Morgan fingerprint density at radius 1 is 1.64 bits per heavy atom. The van der Waals surface area contributed by atoms with E-state index in [1.54, 1.807) is 19.9 Å². The van der Waals surface area contributed by atoms with Crippen LogP contribution in [-0.2, 0) is 9.59 Å². The summed E-state index contributed by atoms with van der Waals surface area (Å²) in [5.74, 6) is -0.762. The van der Waals surface area contributed by atoms with Gasteiger partial charge >= 0.3 is 0 Å². The Kier molecular flexibility index (Phi) is 4.34. The van der Waals surface area contributed by atoms with Gasteiger partial charge in [-0.25, -0.2) is 0 Å². The van der Waals surface area contributed by atoms with E-state index in [0.29, 0.717) is 6.42 Å². The zero-order valence-corrected chi connectivity index (χ0v) is 8.96. The SMILES string of the molecule is C=CC(C)(CC)C(=O)NC(C)C(N)=O. The molecular formula is C10H18N2O2. The van der Waals surface area contributed by atoms with Crippen molar-refractivity contribution in [3.63, 3.8) is 0 Å². The van der Waals surface area contributed by atoms with Gasteiger partial charge in [0.2, 0.25) is 11.8 Å². The highest BCUT2D eigenvalue weighted by molar-refractivity contribution is 5.89. The third kappa shape index (κ3) is 2.87. The topological polar surface area (TPSA) is 72.2 Å². The summed E-state index contributed by atoms with van der Waals surface area (Å²) in [6.45, 7) is 8.81. The highest BCUT2D eigenvalue weighted by Crippen LogP contribution is 2.22. The van der Waals surface area contributed by atoms with Gasteiger partial charge in [-0.3, -0.25) is 9.59 Å². The largest absolute Gasteiger partial charge is 0.368 e. The molecule has 0 aliphatic carbocycles. The van der Waals surface area contributed by atoms with Crippen molar-refractivity contribution in [3.05, 3.63) is 12.7 Å². The lowest BCUT2D eigenvalue weighted by Crippen LogP contribution is -2.47. The Hall–Kier alpha value is -1.32. The molecule has 2 amide bonds. The molecule has 2 atom stereocenters. The fourth-order valence-electron chi connectivity index (χ4n) is 0.830. The third-order valence-corrected chi connectivity index (χ3v) is 2.48. The lowest BCUT2D eigenvalue weighted by Gasteiger charge is -2.24. The van der Waals surface area contributed by atoms with Gasteiger partial charge in [0.25, 0.3) is 0 Å². The smallest absolute Gasteiger partial charge is 0.239 e. The summed E-state index contributed by atoms with van der Waals surface area (Å²) in [7, 11) is 0. The Morgan fingerprint density at radius 3 is 2.43 bits per heavy atom. The summed E-state index contributed by atoms with van der Waals surface area (Å²) in [5, 5.41) is 2.54. The van der Waals surface area contributed by atoms with E-state index in [1.807, 2.05) is 6.92 Å². The molecule has 0 aromatic carbocycles. The average Bonchev–Trinajstić information content (AvgIpc) is 2.16. The van der Waals surface area contributed by atoms with Crippen LogP contribution < -0.4 is 11.1 Å². The number of amides is 2. The lowest BCUT2D eigenvalue weighted by atomic mass is 9.86. The molecule has 4 heteroatoms. The highest BCUT2D eigenvalue weighted by Gasteiger charge is 2.29. The van der Waals surface area contributed by atoms with Crippen LogP contribution in [0.15, 0.2) is 12.7 Å². The van der Waals surface area contributed by atoms with E-state index in [4.69, 9.17) is 5.73 Å². The number of nitrogens with two attached hydrogens (primary N) is 1. The number of carbonyl (C=O) groups is 2. The van der Waals surface area contributed by atoms with Crippen LogP contribution in [0.1, 0.15) is 27.2 Å². The zero-order chi connectivity index (χ0) is 11.4. The van der Waals surface area contributed by atoms with E-state index in [1.165, 1.54) is 0 Å². The molecule has 3 N–H and O–H groups in total. The molecule has 0 aliphatic rings. The van der Waals surface area contributed by atoms with E-state index in [-0.39, 0.29) is 5.91 Å². The minimum absolute atomic E-state index is 0.221. The normalized spacial score (nSPS) is 16.5. The van der Waals surface area contributed by atoms with E-state index in [0.717, 1.165) is 0 Å². The molecule has 0 aromatic rings. The predicted molar refractivity (Wildman–Crippen MR) is 55.4 cm³/mol. The molecule has 14 heavy (non-hydrogen) atoms. The van der Waals surface area contributed by atoms with Crippen LogP contribution in [0.4, 0.5) is 0 Å². The number of hydrogen-bond donors (Lipinski definition) is 2. The molecule has 0 heterocycles. The van der Waals surface area contributed by atoms with Crippen molar-refractivity contribution in [2.75, 3.05) is 0 Å². The minimum atomic E-state index is -0.645. The molecule has 0 saturated heterocycles. The fourth-order valence-corrected chi connectivity index (χ4v) is 0.830. The van der Waals surface area contributed by atoms with E-state index >= 15 is 0 Å². The van der Waals surface area contributed by atoms with E-state index in [2.05, 4.69) is 11.9 Å². The van der Waals surface area contributed by atoms with Crippen molar-refractivity contribution in [3.8, 4) is 0 Å². The van der Waals surface area contributed by atoms with Crippen LogP contribution in [0.2, 0.25) is 0 Å². The molecule has 0 bridgehead atoms. The van der Waals surface area contributed by atoms with Crippen molar-refractivity contribution < 1.29 is 9.59 Å². The maximum atomic E-state index is 11.7. The Balaban J connectivity index is 4.47. The predicted octanol–water partition coefficient (Wildman–Crippen LogP) is 0.579. The summed E-state index contributed by atoms with van der Waals surface area (Å²) in [4.78, 5) is 22.4. The van der Waals surface area contributed by atoms with E-state index in [9.17, 15) is 9.59 Å². The monoisotopic (exact) mass is 198 g/mol. The van der Waals surface area contributed by atoms with Gasteiger partial charge in [0.15, 0.2) is 0 Å². The molecule has 0 radical (unpaired) electrons. The van der Waals surface area contributed by atoms with Crippen molar-refractivity contribution in [1.82, 2.24) is 5.32 Å². The first-order valence-corrected chi connectivity index (χ1v) is 4.61. The zero-order valence-electron chi connectivity index (χ0n) is 8.96. The minimum Gasteiger partial charge on any atom is -0.368 e. The van der Waals surface area contributed by atoms with Crippen LogP contribution in [0.25, 0.3) is 0 Å². The Bertz CT molecular complexity index is 251. The molecule has 0 saturated carbocycles. The standard InChI is InChI=1S/C10H18N2O2/c1-5-10(4,6-2)9(14)12-7(3)8(11)13/h5,7H,1,6H2,2-4H3,(H2,11,13)(H,12,14). The van der Waals surface area contributed by atoms with Gasteiger partial charge in [0.1, 0.15) is 6.04 Å². The highest BCUT2D eigenvalue weighted by atomic mass is 16.2. The summed E-state index contributed by atoms with van der Waals surface area (Å²) >= 11 is 0. The van der Waals surface area contributed by atoms with Gasteiger partial charge in [-0.1, -0.05) is 13.0 Å². The van der Waals surface area contributed by atoms with Crippen LogP contribution in [-0.4, -0.2) is 17.9 Å². The number of hydrogen-bond acceptors (Lipinski definition) is 2. The van der Waals surface area contributed by atoms with Gasteiger partial charge in [-0.2, -0.15) is 0 Å². The Labute approximate surface area is 84.5 Å². The van der Waals surface area contributed by atoms with Gasteiger partial charge < -0.3 is 11.1 Å². The van der Waals surface area contributed by atoms with Gasteiger partial charge in [0.05, 0.1) is 5.41 Å².